The Morgan fingerprint density at radius 1 is 1.41 bits per heavy atom. The van der Waals surface area contributed by atoms with Gasteiger partial charge in [0.1, 0.15) is 5.75 Å². The smallest absolute Gasteiger partial charge is 0.220 e. The molecule has 22 heavy (non-hydrogen) atoms. The van der Waals surface area contributed by atoms with Gasteiger partial charge in [0.05, 0.1) is 12.6 Å². The molecule has 1 fully saturated rings. The minimum Gasteiger partial charge on any atom is -0.493 e. The van der Waals surface area contributed by atoms with Gasteiger partial charge in [0.2, 0.25) is 5.91 Å². The molecule has 0 radical (unpaired) electrons. The molecule has 0 bridgehead atoms. The van der Waals surface area contributed by atoms with Crippen molar-refractivity contribution in [3.05, 3.63) is 29.8 Å². The number of piperidine rings is 1. The van der Waals surface area contributed by atoms with Gasteiger partial charge in [-0.15, -0.1) is 0 Å². The lowest BCUT2D eigenvalue weighted by molar-refractivity contribution is -0.123. The molecule has 120 valence electrons. The zero-order chi connectivity index (χ0) is 15.4. The minimum atomic E-state index is 0.0918. The van der Waals surface area contributed by atoms with Crippen molar-refractivity contribution >= 4 is 5.91 Å². The predicted octanol–water partition coefficient (Wildman–Crippen LogP) is 2.65. The predicted molar refractivity (Wildman–Crippen MR) is 86.8 cm³/mol. The first-order valence-electron chi connectivity index (χ1n) is 8.46. The van der Waals surface area contributed by atoms with E-state index in [1.54, 1.807) is 0 Å². The molecule has 4 heteroatoms. The lowest BCUT2D eigenvalue weighted by atomic mass is 9.85. The van der Waals surface area contributed by atoms with Crippen LogP contribution >= 0.6 is 0 Å². The second-order valence-corrected chi connectivity index (χ2v) is 6.58. The van der Waals surface area contributed by atoms with E-state index in [4.69, 9.17) is 4.74 Å². The normalized spacial score (nSPS) is 25.7. The molecule has 2 aliphatic rings. The highest BCUT2D eigenvalue weighted by atomic mass is 16.5. The molecule has 3 atom stereocenters. The van der Waals surface area contributed by atoms with Gasteiger partial charge >= 0.3 is 0 Å². The summed E-state index contributed by atoms with van der Waals surface area (Å²) in [6.45, 7) is 5.04. The Kier molecular flexibility index (Phi) is 4.98. The van der Waals surface area contributed by atoms with Gasteiger partial charge in [-0.2, -0.15) is 0 Å². The van der Waals surface area contributed by atoms with Crippen LogP contribution in [0.3, 0.4) is 0 Å². The van der Waals surface area contributed by atoms with Crippen molar-refractivity contribution in [1.82, 2.24) is 10.6 Å². The summed E-state index contributed by atoms with van der Waals surface area (Å²) in [5.41, 5.74) is 1.11. The highest BCUT2D eigenvalue weighted by Crippen LogP contribution is 2.32. The molecule has 1 saturated heterocycles. The Balaban J connectivity index is 1.56. The lowest BCUT2D eigenvalue weighted by Gasteiger charge is -2.30. The minimum absolute atomic E-state index is 0.0918. The summed E-state index contributed by atoms with van der Waals surface area (Å²) in [5, 5.41) is 6.64. The van der Waals surface area contributed by atoms with Gasteiger partial charge in [-0.3, -0.25) is 4.79 Å². The Labute approximate surface area is 132 Å². The fourth-order valence-corrected chi connectivity index (χ4v) is 3.57. The largest absolute Gasteiger partial charge is 0.493 e. The van der Waals surface area contributed by atoms with E-state index in [0.717, 1.165) is 30.8 Å². The van der Waals surface area contributed by atoms with E-state index < -0.39 is 0 Å². The van der Waals surface area contributed by atoms with Crippen LogP contribution in [0.1, 0.15) is 44.2 Å². The third-order valence-electron chi connectivity index (χ3n) is 4.94. The van der Waals surface area contributed by atoms with Gasteiger partial charge < -0.3 is 15.4 Å². The molecule has 2 aliphatic heterocycles. The van der Waals surface area contributed by atoms with Crippen LogP contribution in [-0.4, -0.2) is 25.6 Å². The molecule has 1 aromatic carbocycles. The van der Waals surface area contributed by atoms with Crippen molar-refractivity contribution in [1.29, 1.82) is 0 Å². The van der Waals surface area contributed by atoms with E-state index in [1.165, 1.54) is 12.8 Å². The van der Waals surface area contributed by atoms with Gasteiger partial charge in [0.15, 0.2) is 0 Å². The topological polar surface area (TPSA) is 50.4 Å². The fourth-order valence-electron chi connectivity index (χ4n) is 3.57. The first-order chi connectivity index (χ1) is 10.7. The number of carbonyl (C=O) groups excluding carboxylic acids is 1. The number of fused-ring (bicyclic) bond motifs is 1. The van der Waals surface area contributed by atoms with Crippen molar-refractivity contribution in [2.75, 3.05) is 19.7 Å². The van der Waals surface area contributed by atoms with Crippen LogP contribution in [0.2, 0.25) is 0 Å². The number of rotatable bonds is 4. The van der Waals surface area contributed by atoms with Crippen molar-refractivity contribution in [3.8, 4) is 5.75 Å². The molecule has 3 rings (SSSR count). The number of nitrogens with one attached hydrogen (secondary N) is 2. The Morgan fingerprint density at radius 3 is 3.09 bits per heavy atom. The highest BCUT2D eigenvalue weighted by molar-refractivity contribution is 5.76. The summed E-state index contributed by atoms with van der Waals surface area (Å²) >= 11 is 0. The van der Waals surface area contributed by atoms with Gasteiger partial charge in [0.25, 0.3) is 0 Å². The average Bonchev–Trinajstić information content (AvgIpc) is 2.56. The summed E-state index contributed by atoms with van der Waals surface area (Å²) in [6, 6.07) is 8.09. The number of para-hydroxylation sites is 1. The Bertz CT molecular complexity index is 512. The molecule has 0 aromatic heterocycles. The van der Waals surface area contributed by atoms with E-state index in [2.05, 4.69) is 17.6 Å². The molecule has 1 amide bonds. The summed E-state index contributed by atoms with van der Waals surface area (Å²) in [4.78, 5) is 12.4. The van der Waals surface area contributed by atoms with E-state index in [1.807, 2.05) is 24.3 Å². The Morgan fingerprint density at radius 2 is 2.27 bits per heavy atom. The highest BCUT2D eigenvalue weighted by Gasteiger charge is 2.25. The van der Waals surface area contributed by atoms with Crippen LogP contribution in [0.15, 0.2) is 24.3 Å². The van der Waals surface area contributed by atoms with Gasteiger partial charge in [-0.05, 0) is 43.8 Å². The quantitative estimate of drug-likeness (QED) is 0.899. The summed E-state index contributed by atoms with van der Waals surface area (Å²) < 4.78 is 5.65. The number of hydrogen-bond donors (Lipinski definition) is 2. The van der Waals surface area contributed by atoms with E-state index in [0.29, 0.717) is 24.9 Å². The van der Waals surface area contributed by atoms with Gasteiger partial charge in [0, 0.05) is 18.4 Å². The maximum absolute atomic E-state index is 12.4. The summed E-state index contributed by atoms with van der Waals surface area (Å²) in [7, 11) is 0. The van der Waals surface area contributed by atoms with E-state index >= 15 is 0 Å². The maximum atomic E-state index is 12.4. The summed E-state index contributed by atoms with van der Waals surface area (Å²) in [6.07, 6.45) is 3.93. The molecule has 1 aromatic rings. The summed E-state index contributed by atoms with van der Waals surface area (Å²) in [5.74, 6) is 2.13. The van der Waals surface area contributed by atoms with Crippen LogP contribution < -0.4 is 15.4 Å². The monoisotopic (exact) mass is 302 g/mol. The molecule has 0 spiro atoms. The van der Waals surface area contributed by atoms with E-state index in [-0.39, 0.29) is 11.9 Å². The van der Waals surface area contributed by atoms with Crippen LogP contribution in [0.5, 0.6) is 5.75 Å². The fraction of sp³-hybridized carbons (Fsp3) is 0.611. The van der Waals surface area contributed by atoms with Crippen LogP contribution in [0.25, 0.3) is 0 Å². The zero-order valence-electron chi connectivity index (χ0n) is 13.3. The number of ether oxygens (including phenoxy) is 1. The molecule has 4 nitrogen and oxygen atoms in total. The number of hydrogen-bond acceptors (Lipinski definition) is 3. The van der Waals surface area contributed by atoms with Crippen LogP contribution in [0.4, 0.5) is 0 Å². The van der Waals surface area contributed by atoms with Crippen LogP contribution in [0, 0.1) is 11.8 Å². The lowest BCUT2D eigenvalue weighted by Crippen LogP contribution is -2.37. The van der Waals surface area contributed by atoms with Gasteiger partial charge in [-0.25, -0.2) is 0 Å². The van der Waals surface area contributed by atoms with Gasteiger partial charge in [-0.1, -0.05) is 25.1 Å². The molecule has 0 saturated carbocycles. The molecule has 0 aliphatic carbocycles. The molecule has 2 heterocycles. The average molecular weight is 302 g/mol. The molecular weight excluding hydrogens is 276 g/mol. The zero-order valence-corrected chi connectivity index (χ0v) is 13.3. The van der Waals surface area contributed by atoms with Crippen molar-refractivity contribution in [2.24, 2.45) is 11.8 Å². The van der Waals surface area contributed by atoms with Crippen molar-refractivity contribution < 1.29 is 9.53 Å². The third kappa shape index (κ3) is 3.61. The van der Waals surface area contributed by atoms with E-state index in [9.17, 15) is 4.79 Å². The van der Waals surface area contributed by atoms with Crippen molar-refractivity contribution in [2.45, 2.75) is 38.6 Å². The van der Waals surface area contributed by atoms with Crippen molar-refractivity contribution in [3.63, 3.8) is 0 Å². The van der Waals surface area contributed by atoms with Crippen LogP contribution in [-0.2, 0) is 4.79 Å². The third-order valence-corrected chi connectivity index (χ3v) is 4.94. The SMILES string of the molecule is CC(CC(=O)NC1CCOc2ccccc21)C1CCCNC1. The molecule has 3 unspecified atom stereocenters. The standard InChI is InChI=1S/C18H26N2O2/c1-13(14-5-4-9-19-12-14)11-18(21)20-16-8-10-22-17-7-3-2-6-15(16)17/h2-3,6-7,13-14,16,19H,4-5,8-12H2,1H3,(H,20,21). The number of benzene rings is 1. The second-order valence-electron chi connectivity index (χ2n) is 6.58. The maximum Gasteiger partial charge on any atom is 0.220 e. The Hall–Kier alpha value is -1.55. The first-order valence-corrected chi connectivity index (χ1v) is 8.46. The number of amides is 1. The number of carbonyl (C=O) groups is 1. The molecular formula is C18H26N2O2. The molecule has 2 N–H and O–H groups in total. The second kappa shape index (κ2) is 7.14. The first kappa shape index (κ1) is 15.3.